The predicted octanol–water partition coefficient (Wildman–Crippen LogP) is 3.24. The Kier molecular flexibility index (Phi) is 4.08. The molecule has 26 heavy (non-hydrogen) atoms. The van der Waals surface area contributed by atoms with E-state index in [2.05, 4.69) is 4.98 Å². The number of pyridine rings is 1. The summed E-state index contributed by atoms with van der Waals surface area (Å²) in [6.07, 6.45) is 0. The molecule has 0 unspecified atom stereocenters. The van der Waals surface area contributed by atoms with E-state index < -0.39 is 0 Å². The summed E-state index contributed by atoms with van der Waals surface area (Å²) in [5.74, 6) is 2.06. The number of hydrogen-bond donors (Lipinski definition) is 0. The Labute approximate surface area is 150 Å². The van der Waals surface area contributed by atoms with E-state index in [0.29, 0.717) is 18.0 Å². The number of carbonyl (C=O) groups excluding carboxylic acids is 1. The molecule has 0 radical (unpaired) electrons. The lowest BCUT2D eigenvalue weighted by Gasteiger charge is -2.17. The third-order valence-corrected chi connectivity index (χ3v) is 4.32. The maximum Gasteiger partial charge on any atom is 0.272 e. The van der Waals surface area contributed by atoms with Gasteiger partial charge in [0.25, 0.3) is 5.91 Å². The standard InChI is InChI=1S/C20H18N2O4/c1-22(11-13-3-8-18-19(9-13)26-12-25-18)20(23)17-6-4-14-10-15(24-2)5-7-16(14)21-17/h3-10H,11-12H2,1-2H3. The molecule has 2 heterocycles. The minimum absolute atomic E-state index is 0.139. The maximum absolute atomic E-state index is 12.7. The second-order valence-electron chi connectivity index (χ2n) is 6.10. The lowest BCUT2D eigenvalue weighted by atomic mass is 10.1. The zero-order valence-electron chi connectivity index (χ0n) is 14.6. The van der Waals surface area contributed by atoms with Crippen LogP contribution in [-0.4, -0.2) is 36.7 Å². The first-order chi connectivity index (χ1) is 12.6. The molecule has 1 aliphatic heterocycles. The Hall–Kier alpha value is -3.28. The number of benzene rings is 2. The number of rotatable bonds is 4. The van der Waals surface area contributed by atoms with Crippen LogP contribution < -0.4 is 14.2 Å². The molecule has 1 amide bonds. The van der Waals surface area contributed by atoms with Crippen molar-refractivity contribution in [1.82, 2.24) is 9.88 Å². The minimum atomic E-state index is -0.139. The van der Waals surface area contributed by atoms with Crippen molar-refractivity contribution >= 4 is 16.8 Å². The van der Waals surface area contributed by atoms with Gasteiger partial charge in [-0.15, -0.1) is 0 Å². The van der Waals surface area contributed by atoms with Gasteiger partial charge in [0, 0.05) is 19.0 Å². The van der Waals surface area contributed by atoms with E-state index in [9.17, 15) is 4.79 Å². The van der Waals surface area contributed by atoms with Crippen LogP contribution in [0.5, 0.6) is 17.2 Å². The van der Waals surface area contributed by atoms with E-state index in [4.69, 9.17) is 14.2 Å². The highest BCUT2D eigenvalue weighted by Crippen LogP contribution is 2.32. The molecule has 1 aromatic heterocycles. The average Bonchev–Trinajstić information content (AvgIpc) is 3.14. The highest BCUT2D eigenvalue weighted by atomic mass is 16.7. The number of hydrogen-bond acceptors (Lipinski definition) is 5. The molecule has 132 valence electrons. The summed E-state index contributed by atoms with van der Waals surface area (Å²) < 4.78 is 15.9. The molecule has 0 spiro atoms. The normalized spacial score (nSPS) is 12.2. The summed E-state index contributed by atoms with van der Waals surface area (Å²) in [6, 6.07) is 14.9. The van der Waals surface area contributed by atoms with Gasteiger partial charge in [0.1, 0.15) is 11.4 Å². The number of methoxy groups -OCH3 is 1. The molecule has 3 aromatic rings. The number of fused-ring (bicyclic) bond motifs is 2. The molecule has 0 aliphatic carbocycles. The van der Waals surface area contributed by atoms with Crippen molar-refractivity contribution in [2.24, 2.45) is 0 Å². The molecule has 1 aliphatic rings. The summed E-state index contributed by atoms with van der Waals surface area (Å²) >= 11 is 0. The van der Waals surface area contributed by atoms with Gasteiger partial charge >= 0.3 is 0 Å². The Morgan fingerprint density at radius 2 is 1.96 bits per heavy atom. The molecule has 0 fully saturated rings. The van der Waals surface area contributed by atoms with E-state index in [1.54, 1.807) is 25.1 Å². The number of carbonyl (C=O) groups is 1. The Balaban J connectivity index is 1.53. The first-order valence-electron chi connectivity index (χ1n) is 8.23. The highest BCUT2D eigenvalue weighted by molar-refractivity contribution is 5.95. The molecule has 6 nitrogen and oxygen atoms in total. The van der Waals surface area contributed by atoms with Crippen molar-refractivity contribution in [3.63, 3.8) is 0 Å². The van der Waals surface area contributed by atoms with Gasteiger partial charge in [-0.05, 0) is 42.0 Å². The van der Waals surface area contributed by atoms with Crippen LogP contribution in [0.4, 0.5) is 0 Å². The summed E-state index contributed by atoms with van der Waals surface area (Å²) in [5, 5.41) is 0.930. The highest BCUT2D eigenvalue weighted by Gasteiger charge is 2.17. The number of amides is 1. The van der Waals surface area contributed by atoms with Crippen LogP contribution in [0.2, 0.25) is 0 Å². The van der Waals surface area contributed by atoms with Crippen LogP contribution in [0, 0.1) is 0 Å². The van der Waals surface area contributed by atoms with Gasteiger partial charge in [-0.3, -0.25) is 4.79 Å². The van der Waals surface area contributed by atoms with E-state index >= 15 is 0 Å². The number of ether oxygens (including phenoxy) is 3. The number of aromatic nitrogens is 1. The fourth-order valence-corrected chi connectivity index (χ4v) is 2.93. The third kappa shape index (κ3) is 3.01. The van der Waals surface area contributed by atoms with Gasteiger partial charge in [-0.25, -0.2) is 4.98 Å². The monoisotopic (exact) mass is 350 g/mol. The molecule has 4 rings (SSSR count). The summed E-state index contributed by atoms with van der Waals surface area (Å²) in [7, 11) is 3.38. The molecule has 0 bridgehead atoms. The summed E-state index contributed by atoms with van der Waals surface area (Å²) in [5.41, 5.74) is 2.13. The van der Waals surface area contributed by atoms with Crippen LogP contribution >= 0.6 is 0 Å². The van der Waals surface area contributed by atoms with Crippen molar-refractivity contribution in [2.75, 3.05) is 21.0 Å². The second kappa shape index (κ2) is 6.55. The van der Waals surface area contributed by atoms with Crippen LogP contribution in [0.1, 0.15) is 16.1 Å². The van der Waals surface area contributed by atoms with Crippen LogP contribution in [0.25, 0.3) is 10.9 Å². The Morgan fingerprint density at radius 3 is 2.81 bits per heavy atom. The minimum Gasteiger partial charge on any atom is -0.497 e. The van der Waals surface area contributed by atoms with Crippen molar-refractivity contribution in [2.45, 2.75) is 6.54 Å². The van der Waals surface area contributed by atoms with E-state index in [1.807, 2.05) is 42.5 Å². The number of nitrogens with zero attached hydrogens (tertiary/aromatic N) is 2. The van der Waals surface area contributed by atoms with Gasteiger partial charge in [-0.2, -0.15) is 0 Å². The molecule has 2 aromatic carbocycles. The second-order valence-corrected chi connectivity index (χ2v) is 6.10. The van der Waals surface area contributed by atoms with Crippen molar-refractivity contribution < 1.29 is 19.0 Å². The van der Waals surface area contributed by atoms with Gasteiger partial charge in [0.05, 0.1) is 12.6 Å². The lowest BCUT2D eigenvalue weighted by molar-refractivity contribution is 0.0779. The molecule has 0 N–H and O–H groups in total. The van der Waals surface area contributed by atoms with Crippen LogP contribution in [0.15, 0.2) is 48.5 Å². The van der Waals surface area contributed by atoms with Crippen molar-refractivity contribution in [1.29, 1.82) is 0 Å². The van der Waals surface area contributed by atoms with E-state index in [1.165, 1.54) is 0 Å². The molecular weight excluding hydrogens is 332 g/mol. The molecule has 0 saturated carbocycles. The van der Waals surface area contributed by atoms with Crippen LogP contribution in [0.3, 0.4) is 0 Å². The van der Waals surface area contributed by atoms with Gasteiger partial charge < -0.3 is 19.1 Å². The zero-order chi connectivity index (χ0) is 18.1. The van der Waals surface area contributed by atoms with E-state index in [0.717, 1.165) is 28.0 Å². The average molecular weight is 350 g/mol. The largest absolute Gasteiger partial charge is 0.497 e. The SMILES string of the molecule is COc1ccc2nc(C(=O)N(C)Cc3ccc4c(c3)OCO4)ccc2c1. The molecule has 6 heteroatoms. The fourth-order valence-electron chi connectivity index (χ4n) is 2.93. The molecule has 0 atom stereocenters. The van der Waals surface area contributed by atoms with E-state index in [-0.39, 0.29) is 12.7 Å². The zero-order valence-corrected chi connectivity index (χ0v) is 14.6. The van der Waals surface area contributed by atoms with Gasteiger partial charge in [0.15, 0.2) is 11.5 Å². The molecular formula is C20H18N2O4. The lowest BCUT2D eigenvalue weighted by Crippen LogP contribution is -2.27. The Morgan fingerprint density at radius 1 is 1.12 bits per heavy atom. The predicted molar refractivity (Wildman–Crippen MR) is 96.7 cm³/mol. The quantitative estimate of drug-likeness (QED) is 0.723. The first-order valence-corrected chi connectivity index (χ1v) is 8.23. The molecule has 0 saturated heterocycles. The first kappa shape index (κ1) is 16.2. The van der Waals surface area contributed by atoms with Gasteiger partial charge in [0.2, 0.25) is 6.79 Å². The summed E-state index contributed by atoms with van der Waals surface area (Å²) in [4.78, 5) is 18.8. The van der Waals surface area contributed by atoms with Crippen LogP contribution in [-0.2, 0) is 6.54 Å². The fraction of sp³-hybridized carbons (Fsp3) is 0.200. The Bertz CT molecular complexity index is 987. The smallest absolute Gasteiger partial charge is 0.272 e. The summed E-state index contributed by atoms with van der Waals surface area (Å²) in [6.45, 7) is 0.692. The maximum atomic E-state index is 12.7. The van der Waals surface area contributed by atoms with Gasteiger partial charge in [-0.1, -0.05) is 12.1 Å². The topological polar surface area (TPSA) is 60.9 Å². The third-order valence-electron chi connectivity index (χ3n) is 4.32. The van der Waals surface area contributed by atoms with Crippen molar-refractivity contribution in [3.05, 3.63) is 59.8 Å². The van der Waals surface area contributed by atoms with Crippen molar-refractivity contribution in [3.8, 4) is 17.2 Å².